The second kappa shape index (κ2) is 6.87. The first-order chi connectivity index (χ1) is 9.97. The highest BCUT2D eigenvalue weighted by Gasteiger charge is 2.28. The average molecular weight is 315 g/mol. The van der Waals surface area contributed by atoms with Crippen LogP contribution < -0.4 is 10.5 Å². The van der Waals surface area contributed by atoms with Gasteiger partial charge in [-0.2, -0.15) is 5.10 Å². The Balaban J connectivity index is 2.04. The first-order valence-corrected chi connectivity index (χ1v) is 8.94. The average Bonchev–Trinajstić information content (AvgIpc) is 2.83. The van der Waals surface area contributed by atoms with Gasteiger partial charge in [0, 0.05) is 12.6 Å². The molecule has 0 aliphatic carbocycles. The van der Waals surface area contributed by atoms with Crippen LogP contribution in [0.1, 0.15) is 37.6 Å². The van der Waals surface area contributed by atoms with E-state index in [4.69, 9.17) is 5.73 Å². The van der Waals surface area contributed by atoms with Gasteiger partial charge in [0.2, 0.25) is 10.0 Å². The van der Waals surface area contributed by atoms with E-state index in [9.17, 15) is 8.42 Å². The van der Waals surface area contributed by atoms with E-state index in [1.807, 2.05) is 0 Å². The molecule has 1 aromatic rings. The molecule has 0 atom stereocenters. The Morgan fingerprint density at radius 1 is 1.43 bits per heavy atom. The van der Waals surface area contributed by atoms with Crippen molar-refractivity contribution in [3.05, 3.63) is 11.4 Å². The van der Waals surface area contributed by atoms with Crippen molar-refractivity contribution in [1.29, 1.82) is 0 Å². The molecule has 0 bridgehead atoms. The molecule has 0 spiro atoms. The summed E-state index contributed by atoms with van der Waals surface area (Å²) in [6, 6.07) is -0.0111. The van der Waals surface area contributed by atoms with Crippen LogP contribution in [0.25, 0.3) is 0 Å². The molecule has 1 aliphatic heterocycles. The van der Waals surface area contributed by atoms with Gasteiger partial charge in [0.25, 0.3) is 0 Å². The summed E-state index contributed by atoms with van der Waals surface area (Å²) in [6.07, 6.45) is 2.81. The lowest BCUT2D eigenvalue weighted by Gasteiger charge is -2.31. The maximum atomic E-state index is 12.5. The molecule has 120 valence electrons. The van der Waals surface area contributed by atoms with Crippen LogP contribution in [0.5, 0.6) is 0 Å². The molecule has 1 aliphatic rings. The van der Waals surface area contributed by atoms with Crippen molar-refractivity contribution in [2.75, 3.05) is 19.6 Å². The summed E-state index contributed by atoms with van der Waals surface area (Å²) in [5.41, 5.74) is 6.49. The highest BCUT2D eigenvalue weighted by molar-refractivity contribution is 7.89. The zero-order valence-corrected chi connectivity index (χ0v) is 13.5. The van der Waals surface area contributed by atoms with Crippen molar-refractivity contribution in [3.63, 3.8) is 0 Å². The van der Waals surface area contributed by atoms with Crippen molar-refractivity contribution < 1.29 is 8.42 Å². The third-order valence-corrected chi connectivity index (χ3v) is 5.60. The van der Waals surface area contributed by atoms with Crippen LogP contribution >= 0.6 is 0 Å². The molecule has 21 heavy (non-hydrogen) atoms. The van der Waals surface area contributed by atoms with E-state index in [1.165, 1.54) is 0 Å². The number of nitrogens with two attached hydrogens (primary N) is 1. The van der Waals surface area contributed by atoms with Crippen LogP contribution in [-0.2, 0) is 16.6 Å². The van der Waals surface area contributed by atoms with E-state index in [0.29, 0.717) is 11.4 Å². The summed E-state index contributed by atoms with van der Waals surface area (Å²) in [5.74, 6) is 0. The molecule has 0 unspecified atom stereocenters. The number of H-pyrrole nitrogens is 1. The van der Waals surface area contributed by atoms with Gasteiger partial charge in [0.05, 0.1) is 11.4 Å². The standard InChI is InChI=1S/C13H25N5O2S/c1-3-6-18-7-4-11(5-8-18)17-21(19,20)13-10(2)15-16-12(13)9-14/h11,17H,3-9,14H2,1-2H3,(H,15,16). The number of nitrogens with one attached hydrogen (secondary N) is 2. The topological polar surface area (TPSA) is 104 Å². The molecule has 1 saturated heterocycles. The minimum Gasteiger partial charge on any atom is -0.325 e. The van der Waals surface area contributed by atoms with Gasteiger partial charge in [-0.25, -0.2) is 13.1 Å². The number of aromatic nitrogens is 2. The van der Waals surface area contributed by atoms with E-state index in [-0.39, 0.29) is 17.5 Å². The third-order valence-electron chi connectivity index (χ3n) is 3.87. The molecule has 0 radical (unpaired) electrons. The number of piperidine rings is 1. The zero-order chi connectivity index (χ0) is 15.5. The van der Waals surface area contributed by atoms with Crippen LogP contribution in [-0.4, -0.2) is 49.2 Å². The second-order valence-electron chi connectivity index (χ2n) is 5.57. The Labute approximate surface area is 126 Å². The predicted octanol–water partition coefficient (Wildman–Crippen LogP) is 0.330. The first-order valence-electron chi connectivity index (χ1n) is 7.46. The van der Waals surface area contributed by atoms with Gasteiger partial charge in [0.1, 0.15) is 4.90 Å². The molecular weight excluding hydrogens is 290 g/mol. The Morgan fingerprint density at radius 3 is 2.67 bits per heavy atom. The molecule has 1 fully saturated rings. The fourth-order valence-corrected chi connectivity index (χ4v) is 4.51. The summed E-state index contributed by atoms with van der Waals surface area (Å²) >= 11 is 0. The number of nitrogens with zero attached hydrogens (tertiary/aromatic N) is 2. The van der Waals surface area contributed by atoms with Crippen molar-refractivity contribution in [2.24, 2.45) is 5.73 Å². The highest BCUT2D eigenvalue weighted by atomic mass is 32.2. The number of aromatic amines is 1. The lowest BCUT2D eigenvalue weighted by molar-refractivity contribution is 0.208. The van der Waals surface area contributed by atoms with Crippen LogP contribution in [0.15, 0.2) is 4.90 Å². The summed E-state index contributed by atoms with van der Waals surface area (Å²) in [5, 5.41) is 6.65. The molecule has 0 amide bonds. The summed E-state index contributed by atoms with van der Waals surface area (Å²) in [6.45, 7) is 6.92. The fourth-order valence-electron chi connectivity index (χ4n) is 2.83. The number of rotatable bonds is 6. The number of likely N-dealkylation sites (tertiary alicyclic amines) is 1. The van der Waals surface area contributed by atoms with Gasteiger partial charge >= 0.3 is 0 Å². The van der Waals surface area contributed by atoms with Gasteiger partial charge in [-0.15, -0.1) is 0 Å². The van der Waals surface area contributed by atoms with Crippen molar-refractivity contribution >= 4 is 10.0 Å². The Hall–Kier alpha value is -0.960. The normalized spacial score (nSPS) is 18.2. The molecule has 4 N–H and O–H groups in total. The largest absolute Gasteiger partial charge is 0.325 e. The molecular formula is C13H25N5O2S. The first kappa shape index (κ1) is 16.4. The van der Waals surface area contributed by atoms with Gasteiger partial charge in [-0.1, -0.05) is 6.92 Å². The van der Waals surface area contributed by atoms with E-state index >= 15 is 0 Å². The van der Waals surface area contributed by atoms with Gasteiger partial charge in [-0.3, -0.25) is 5.10 Å². The molecule has 7 nitrogen and oxygen atoms in total. The fraction of sp³-hybridized carbons (Fsp3) is 0.769. The van der Waals surface area contributed by atoms with E-state index in [2.05, 4.69) is 26.7 Å². The van der Waals surface area contributed by atoms with Crippen molar-refractivity contribution in [1.82, 2.24) is 19.8 Å². The lowest BCUT2D eigenvalue weighted by atomic mass is 10.1. The molecule has 0 saturated carbocycles. The molecule has 2 rings (SSSR count). The van der Waals surface area contributed by atoms with Crippen molar-refractivity contribution in [3.8, 4) is 0 Å². The second-order valence-corrected chi connectivity index (χ2v) is 7.22. The van der Waals surface area contributed by atoms with Crippen LogP contribution in [0.3, 0.4) is 0 Å². The summed E-state index contributed by atoms with van der Waals surface area (Å²) in [4.78, 5) is 2.58. The number of hydrogen-bond acceptors (Lipinski definition) is 5. The van der Waals surface area contributed by atoms with E-state index < -0.39 is 10.0 Å². The zero-order valence-electron chi connectivity index (χ0n) is 12.7. The molecule has 1 aromatic heterocycles. The quantitative estimate of drug-likeness (QED) is 0.702. The SMILES string of the molecule is CCCN1CCC(NS(=O)(=O)c2c(CN)n[nH]c2C)CC1. The van der Waals surface area contributed by atoms with E-state index in [0.717, 1.165) is 38.9 Å². The smallest absolute Gasteiger partial charge is 0.244 e. The van der Waals surface area contributed by atoms with Gasteiger partial charge in [-0.05, 0) is 45.8 Å². The Kier molecular flexibility index (Phi) is 5.37. The van der Waals surface area contributed by atoms with Crippen LogP contribution in [0.4, 0.5) is 0 Å². The van der Waals surface area contributed by atoms with Crippen LogP contribution in [0, 0.1) is 6.92 Å². The number of sulfonamides is 1. The number of hydrogen-bond donors (Lipinski definition) is 3. The molecule has 8 heteroatoms. The van der Waals surface area contributed by atoms with Gasteiger partial charge < -0.3 is 10.6 Å². The summed E-state index contributed by atoms with van der Waals surface area (Å²) in [7, 11) is -3.56. The predicted molar refractivity (Wildman–Crippen MR) is 81.3 cm³/mol. The minimum atomic E-state index is -3.56. The monoisotopic (exact) mass is 315 g/mol. The maximum absolute atomic E-state index is 12.5. The maximum Gasteiger partial charge on any atom is 0.244 e. The highest BCUT2D eigenvalue weighted by Crippen LogP contribution is 2.19. The minimum absolute atomic E-state index is 0.0111. The third kappa shape index (κ3) is 3.82. The Bertz CT molecular complexity index is 561. The Morgan fingerprint density at radius 2 is 2.10 bits per heavy atom. The van der Waals surface area contributed by atoms with Crippen LogP contribution in [0.2, 0.25) is 0 Å². The number of aryl methyl sites for hydroxylation is 1. The van der Waals surface area contributed by atoms with E-state index in [1.54, 1.807) is 6.92 Å². The van der Waals surface area contributed by atoms with Crippen molar-refractivity contribution in [2.45, 2.75) is 50.6 Å². The summed E-state index contributed by atoms with van der Waals surface area (Å²) < 4.78 is 27.9. The molecule has 0 aromatic carbocycles. The van der Waals surface area contributed by atoms with Gasteiger partial charge in [0.15, 0.2) is 0 Å². The lowest BCUT2D eigenvalue weighted by Crippen LogP contribution is -2.44. The molecule has 2 heterocycles.